The van der Waals surface area contributed by atoms with Gasteiger partial charge in [0.2, 0.25) is 0 Å². The molecule has 0 aliphatic carbocycles. The van der Waals surface area contributed by atoms with Gasteiger partial charge in [-0.3, -0.25) is 9.59 Å². The number of halogens is 1. The van der Waals surface area contributed by atoms with E-state index in [1.165, 1.54) is 30.5 Å². The summed E-state index contributed by atoms with van der Waals surface area (Å²) in [5, 5.41) is 14.9. The molecule has 0 heterocycles. The van der Waals surface area contributed by atoms with E-state index in [4.69, 9.17) is 5.11 Å². The third-order valence-electron chi connectivity index (χ3n) is 2.80. The fourth-order valence-corrected chi connectivity index (χ4v) is 2.14. The second kappa shape index (κ2) is 8.02. The predicted molar refractivity (Wildman–Crippen MR) is 91.9 cm³/mol. The van der Waals surface area contributed by atoms with Crippen LogP contribution in [0.2, 0.25) is 0 Å². The lowest BCUT2D eigenvalue weighted by molar-refractivity contribution is -0.136. The molecule has 0 saturated carbocycles. The van der Waals surface area contributed by atoms with Crippen molar-refractivity contribution < 1.29 is 19.5 Å². The SMILES string of the molecule is O=C(N/N=C/c1cccc(Br)c1)C(=O)Nc1cccc(C(=O)O)c1. The molecule has 122 valence electrons. The summed E-state index contributed by atoms with van der Waals surface area (Å²) >= 11 is 3.30. The molecule has 0 atom stereocenters. The van der Waals surface area contributed by atoms with Crippen LogP contribution in [0.25, 0.3) is 0 Å². The third-order valence-corrected chi connectivity index (χ3v) is 3.30. The molecule has 24 heavy (non-hydrogen) atoms. The normalized spacial score (nSPS) is 10.4. The third kappa shape index (κ3) is 5.03. The summed E-state index contributed by atoms with van der Waals surface area (Å²) in [4.78, 5) is 34.3. The maximum absolute atomic E-state index is 11.7. The van der Waals surface area contributed by atoms with Crippen LogP contribution < -0.4 is 10.7 Å². The fraction of sp³-hybridized carbons (Fsp3) is 0. The van der Waals surface area contributed by atoms with Gasteiger partial charge in [-0.15, -0.1) is 0 Å². The van der Waals surface area contributed by atoms with E-state index >= 15 is 0 Å². The van der Waals surface area contributed by atoms with Crippen LogP contribution in [-0.4, -0.2) is 29.1 Å². The van der Waals surface area contributed by atoms with Crippen LogP contribution in [0, 0.1) is 0 Å². The molecule has 8 heteroatoms. The number of hydrazone groups is 1. The zero-order chi connectivity index (χ0) is 17.5. The van der Waals surface area contributed by atoms with Gasteiger partial charge in [0, 0.05) is 10.2 Å². The van der Waals surface area contributed by atoms with Crippen LogP contribution in [0.5, 0.6) is 0 Å². The van der Waals surface area contributed by atoms with Crippen molar-refractivity contribution in [2.45, 2.75) is 0 Å². The molecular formula is C16H12BrN3O4. The number of nitrogens with one attached hydrogen (secondary N) is 2. The number of rotatable bonds is 4. The molecule has 0 aromatic heterocycles. The quantitative estimate of drug-likeness (QED) is 0.423. The fourth-order valence-electron chi connectivity index (χ4n) is 1.72. The maximum Gasteiger partial charge on any atom is 0.335 e. The summed E-state index contributed by atoms with van der Waals surface area (Å²) in [6.07, 6.45) is 1.39. The summed E-state index contributed by atoms with van der Waals surface area (Å²) < 4.78 is 0.855. The van der Waals surface area contributed by atoms with Crippen molar-refractivity contribution in [3.8, 4) is 0 Å². The highest BCUT2D eigenvalue weighted by Crippen LogP contribution is 2.11. The Labute approximate surface area is 145 Å². The number of carbonyl (C=O) groups excluding carboxylic acids is 2. The van der Waals surface area contributed by atoms with Gasteiger partial charge in [-0.2, -0.15) is 5.10 Å². The second-order valence-electron chi connectivity index (χ2n) is 4.59. The molecule has 2 aromatic rings. The number of nitrogens with zero attached hydrogens (tertiary/aromatic N) is 1. The average Bonchev–Trinajstić information content (AvgIpc) is 2.55. The molecule has 0 aliphatic heterocycles. The van der Waals surface area contributed by atoms with Gasteiger partial charge in [-0.25, -0.2) is 10.2 Å². The smallest absolute Gasteiger partial charge is 0.335 e. The van der Waals surface area contributed by atoms with Crippen molar-refractivity contribution in [2.24, 2.45) is 5.10 Å². The highest BCUT2D eigenvalue weighted by molar-refractivity contribution is 9.10. The van der Waals surface area contributed by atoms with E-state index < -0.39 is 17.8 Å². The van der Waals surface area contributed by atoms with Crippen LogP contribution in [-0.2, 0) is 9.59 Å². The topological polar surface area (TPSA) is 108 Å². The minimum absolute atomic E-state index is 0.000818. The Morgan fingerprint density at radius 3 is 2.50 bits per heavy atom. The van der Waals surface area contributed by atoms with Crippen molar-refractivity contribution in [2.75, 3.05) is 5.32 Å². The molecule has 0 saturated heterocycles. The molecule has 0 bridgehead atoms. The monoisotopic (exact) mass is 389 g/mol. The van der Waals surface area contributed by atoms with Crippen LogP contribution in [0.1, 0.15) is 15.9 Å². The molecule has 0 aliphatic rings. The lowest BCUT2D eigenvalue weighted by atomic mass is 10.2. The first kappa shape index (κ1) is 17.4. The molecule has 2 amide bonds. The molecule has 7 nitrogen and oxygen atoms in total. The largest absolute Gasteiger partial charge is 0.478 e. The minimum Gasteiger partial charge on any atom is -0.478 e. The number of benzene rings is 2. The zero-order valence-corrected chi connectivity index (χ0v) is 13.8. The molecule has 2 rings (SSSR count). The second-order valence-corrected chi connectivity index (χ2v) is 5.51. The van der Waals surface area contributed by atoms with E-state index in [1.807, 2.05) is 6.07 Å². The van der Waals surface area contributed by atoms with Crippen molar-refractivity contribution in [1.82, 2.24) is 5.43 Å². The Bertz CT molecular complexity index is 820. The lowest BCUT2D eigenvalue weighted by Crippen LogP contribution is -2.32. The summed E-state index contributed by atoms with van der Waals surface area (Å²) in [6.45, 7) is 0. The Kier molecular flexibility index (Phi) is 5.80. The zero-order valence-electron chi connectivity index (χ0n) is 12.2. The Morgan fingerprint density at radius 1 is 1.04 bits per heavy atom. The van der Waals surface area contributed by atoms with Gasteiger partial charge in [0.05, 0.1) is 11.8 Å². The number of anilines is 1. The van der Waals surface area contributed by atoms with Gasteiger partial charge < -0.3 is 10.4 Å². The molecular weight excluding hydrogens is 378 g/mol. The molecule has 2 aromatic carbocycles. The van der Waals surface area contributed by atoms with Gasteiger partial charge in [0.15, 0.2) is 0 Å². The van der Waals surface area contributed by atoms with E-state index in [1.54, 1.807) is 18.2 Å². The van der Waals surface area contributed by atoms with Crippen molar-refractivity contribution in [3.63, 3.8) is 0 Å². The molecule has 0 radical (unpaired) electrons. The number of carbonyl (C=O) groups is 3. The molecule has 3 N–H and O–H groups in total. The number of carboxylic acids is 1. The van der Waals surface area contributed by atoms with Crippen molar-refractivity contribution in [1.29, 1.82) is 0 Å². The molecule has 0 fully saturated rings. The first-order chi connectivity index (χ1) is 11.5. The van der Waals surface area contributed by atoms with Crippen LogP contribution in [0.15, 0.2) is 58.1 Å². The number of amides is 2. The van der Waals surface area contributed by atoms with Crippen LogP contribution >= 0.6 is 15.9 Å². The molecule has 0 unspecified atom stereocenters. The van der Waals surface area contributed by atoms with Crippen molar-refractivity contribution >= 4 is 45.6 Å². The van der Waals surface area contributed by atoms with E-state index in [0.29, 0.717) is 0 Å². The number of aromatic carboxylic acids is 1. The Morgan fingerprint density at radius 2 is 1.79 bits per heavy atom. The van der Waals surface area contributed by atoms with Gasteiger partial charge in [0.1, 0.15) is 0 Å². The standard InChI is InChI=1S/C16H12BrN3O4/c17-12-5-1-3-10(7-12)9-18-20-15(22)14(21)19-13-6-2-4-11(8-13)16(23)24/h1-9H,(H,19,21)(H,20,22)(H,23,24)/b18-9+. The van der Waals surface area contributed by atoms with Gasteiger partial charge in [-0.05, 0) is 35.9 Å². The van der Waals surface area contributed by atoms with Crippen LogP contribution in [0.3, 0.4) is 0 Å². The van der Waals surface area contributed by atoms with E-state index in [9.17, 15) is 14.4 Å². The molecule has 0 spiro atoms. The van der Waals surface area contributed by atoms with E-state index in [2.05, 4.69) is 31.8 Å². The van der Waals surface area contributed by atoms with Gasteiger partial charge in [0.25, 0.3) is 0 Å². The van der Waals surface area contributed by atoms with E-state index in [0.717, 1.165) is 10.0 Å². The maximum atomic E-state index is 11.7. The first-order valence-corrected chi connectivity index (χ1v) is 7.48. The lowest BCUT2D eigenvalue weighted by Gasteiger charge is -2.04. The summed E-state index contributed by atoms with van der Waals surface area (Å²) in [5.74, 6) is -3.06. The predicted octanol–water partition coefficient (Wildman–Crippen LogP) is 2.24. The average molecular weight is 390 g/mol. The minimum atomic E-state index is -1.13. The summed E-state index contributed by atoms with van der Waals surface area (Å²) in [5.41, 5.74) is 3.03. The Balaban J connectivity index is 1.94. The van der Waals surface area contributed by atoms with Gasteiger partial charge in [-0.1, -0.05) is 34.1 Å². The van der Waals surface area contributed by atoms with Crippen molar-refractivity contribution in [3.05, 3.63) is 64.1 Å². The van der Waals surface area contributed by atoms with E-state index in [-0.39, 0.29) is 11.3 Å². The van der Waals surface area contributed by atoms with Gasteiger partial charge >= 0.3 is 17.8 Å². The summed E-state index contributed by atoms with van der Waals surface area (Å²) in [6, 6.07) is 12.8. The number of carboxylic acid groups (broad SMARTS) is 1. The highest BCUT2D eigenvalue weighted by Gasteiger charge is 2.13. The van der Waals surface area contributed by atoms with Crippen LogP contribution in [0.4, 0.5) is 5.69 Å². The number of hydrogen-bond acceptors (Lipinski definition) is 4. The first-order valence-electron chi connectivity index (χ1n) is 6.69. The summed E-state index contributed by atoms with van der Waals surface area (Å²) in [7, 11) is 0. The number of hydrogen-bond donors (Lipinski definition) is 3. The Hall–Kier alpha value is -3.00. The highest BCUT2D eigenvalue weighted by atomic mass is 79.9.